The second-order valence-corrected chi connectivity index (χ2v) is 15.2. The van der Waals surface area contributed by atoms with Crippen LogP contribution < -0.4 is 9.64 Å². The number of likely N-dealkylation sites (tertiary alicyclic amines) is 1. The molecule has 3 heterocycles. The van der Waals surface area contributed by atoms with E-state index < -0.39 is 31.6 Å². The molecule has 11 heteroatoms. The first kappa shape index (κ1) is 29.5. The van der Waals surface area contributed by atoms with Crippen molar-refractivity contribution in [1.82, 2.24) is 4.90 Å². The maximum Gasteiger partial charge on any atom is 0.305 e. The van der Waals surface area contributed by atoms with Crippen molar-refractivity contribution in [3.8, 4) is 5.75 Å². The topological polar surface area (TPSA) is 106 Å². The van der Waals surface area contributed by atoms with E-state index in [0.717, 1.165) is 12.8 Å². The first-order chi connectivity index (χ1) is 18.5. The van der Waals surface area contributed by atoms with Crippen LogP contribution in [0.25, 0.3) is 0 Å². The van der Waals surface area contributed by atoms with Gasteiger partial charge >= 0.3 is 5.97 Å². The maximum atomic E-state index is 16.0. The van der Waals surface area contributed by atoms with Crippen LogP contribution in [0.2, 0.25) is 18.6 Å². The number of unbranched alkanes of at least 4 members (excludes halogenated alkanes) is 1. The van der Waals surface area contributed by atoms with Crippen molar-refractivity contribution in [2.24, 2.45) is 5.92 Å². The highest BCUT2D eigenvalue weighted by Crippen LogP contribution is 2.60. The van der Waals surface area contributed by atoms with Gasteiger partial charge in [-0.1, -0.05) is 6.92 Å². The van der Waals surface area contributed by atoms with Crippen molar-refractivity contribution in [2.45, 2.75) is 81.8 Å². The van der Waals surface area contributed by atoms with Gasteiger partial charge in [0.2, 0.25) is 14.3 Å². The summed E-state index contributed by atoms with van der Waals surface area (Å²) in [5.41, 5.74) is -0.743. The predicted octanol–water partition coefficient (Wildman–Crippen LogP) is 3.53. The van der Waals surface area contributed by atoms with Gasteiger partial charge in [-0.2, -0.15) is 0 Å². The van der Waals surface area contributed by atoms with Crippen LogP contribution in [0.3, 0.4) is 0 Å². The summed E-state index contributed by atoms with van der Waals surface area (Å²) in [5, 5.41) is 9.73. The van der Waals surface area contributed by atoms with Gasteiger partial charge in [-0.3, -0.25) is 14.4 Å². The normalized spacial score (nSPS) is 28.3. The summed E-state index contributed by atoms with van der Waals surface area (Å²) in [7, 11) is -0.524. The summed E-state index contributed by atoms with van der Waals surface area (Å²) in [6.07, 6.45) is 2.11. The molecule has 216 valence electrons. The summed E-state index contributed by atoms with van der Waals surface area (Å²) in [6.45, 7) is 5.88. The van der Waals surface area contributed by atoms with Crippen LogP contribution in [-0.4, -0.2) is 82.3 Å². The zero-order valence-corrected chi connectivity index (χ0v) is 24.6. The smallest absolute Gasteiger partial charge is 0.305 e. The van der Waals surface area contributed by atoms with Crippen LogP contribution >= 0.6 is 0 Å². The predicted molar refractivity (Wildman–Crippen MR) is 146 cm³/mol. The van der Waals surface area contributed by atoms with Gasteiger partial charge in [0.15, 0.2) is 5.60 Å². The van der Waals surface area contributed by atoms with Gasteiger partial charge < -0.3 is 33.2 Å². The second kappa shape index (κ2) is 11.5. The van der Waals surface area contributed by atoms with E-state index in [4.69, 9.17) is 14.2 Å². The molecule has 0 bridgehead atoms. The fraction of sp³-hybridized carbons (Fsp3) is 0.679. The number of carbonyl (C=O) groups excluding carboxylic acids is 3. The fourth-order valence-corrected chi connectivity index (χ4v) is 9.35. The lowest BCUT2D eigenvalue weighted by Gasteiger charge is -2.31. The van der Waals surface area contributed by atoms with Crippen molar-refractivity contribution in [1.29, 1.82) is 0 Å². The largest absolute Gasteiger partial charge is 0.497 e. The van der Waals surface area contributed by atoms with E-state index in [1.807, 2.05) is 13.0 Å². The molecule has 4 rings (SSSR count). The summed E-state index contributed by atoms with van der Waals surface area (Å²) < 4.78 is 32.9. The van der Waals surface area contributed by atoms with Crippen LogP contribution in [0.4, 0.5) is 9.80 Å². The van der Waals surface area contributed by atoms with Gasteiger partial charge in [-0.05, 0) is 57.0 Å². The first-order valence-electron chi connectivity index (χ1n) is 13.8. The molecule has 2 amide bonds. The molecule has 1 aromatic rings. The molecule has 0 saturated carbocycles. The Balaban J connectivity index is 1.67. The van der Waals surface area contributed by atoms with E-state index in [1.54, 1.807) is 42.1 Å². The zero-order chi connectivity index (χ0) is 28.5. The number of aliphatic hydroxyl groups excluding tert-OH is 1. The number of methoxy groups -OCH3 is 2. The maximum absolute atomic E-state index is 16.0. The molecular formula is C28H41FN2O7Si. The minimum absolute atomic E-state index is 0.0423. The van der Waals surface area contributed by atoms with E-state index >= 15 is 4.11 Å². The molecule has 3 aliphatic heterocycles. The molecule has 3 aliphatic rings. The molecule has 0 aliphatic carbocycles. The molecule has 9 nitrogen and oxygen atoms in total. The third-order valence-corrected chi connectivity index (χ3v) is 11.1. The number of ether oxygens (including phenoxy) is 3. The zero-order valence-electron chi connectivity index (χ0n) is 23.6. The van der Waals surface area contributed by atoms with Crippen molar-refractivity contribution < 1.29 is 37.8 Å². The van der Waals surface area contributed by atoms with Crippen molar-refractivity contribution >= 4 is 31.9 Å². The van der Waals surface area contributed by atoms with Crippen LogP contribution in [0.15, 0.2) is 18.2 Å². The molecule has 1 aromatic carbocycles. The Morgan fingerprint density at radius 3 is 2.64 bits per heavy atom. The Bertz CT molecular complexity index is 1100. The van der Waals surface area contributed by atoms with Crippen molar-refractivity contribution in [3.63, 3.8) is 0 Å². The molecule has 39 heavy (non-hydrogen) atoms. The van der Waals surface area contributed by atoms with Gasteiger partial charge in [0.25, 0.3) is 5.91 Å². The molecule has 2 saturated heterocycles. The highest BCUT2D eigenvalue weighted by Gasteiger charge is 2.67. The third-order valence-electron chi connectivity index (χ3n) is 8.69. The number of aliphatic hydroxyl groups is 1. The molecule has 2 fully saturated rings. The molecule has 1 N–H and O–H groups in total. The summed E-state index contributed by atoms with van der Waals surface area (Å²) >= 11 is 0. The number of hydrogen-bond donors (Lipinski definition) is 1. The van der Waals surface area contributed by atoms with Crippen LogP contribution in [-0.2, 0) is 29.5 Å². The molecule has 0 radical (unpaired) electrons. The summed E-state index contributed by atoms with van der Waals surface area (Å²) in [5.74, 6) is -0.722. The van der Waals surface area contributed by atoms with Gasteiger partial charge in [0, 0.05) is 36.5 Å². The molecule has 0 unspecified atom stereocenters. The van der Waals surface area contributed by atoms with E-state index in [9.17, 15) is 19.5 Å². The van der Waals surface area contributed by atoms with E-state index in [0.29, 0.717) is 42.9 Å². The average molecular weight is 565 g/mol. The number of carbonyl (C=O) groups is 3. The number of nitrogens with zero attached hydrogens (tertiary/aromatic N) is 2. The van der Waals surface area contributed by atoms with Crippen LogP contribution in [0.5, 0.6) is 5.75 Å². The number of esters is 1. The van der Waals surface area contributed by atoms with Gasteiger partial charge in [-0.25, -0.2) is 0 Å². The Hall–Kier alpha value is -2.50. The lowest BCUT2D eigenvalue weighted by Crippen LogP contribution is -2.45. The quantitative estimate of drug-likeness (QED) is 0.201. The molecule has 1 spiro atoms. The van der Waals surface area contributed by atoms with E-state index in [1.165, 1.54) is 7.11 Å². The van der Waals surface area contributed by atoms with Gasteiger partial charge in [0.05, 0.1) is 45.1 Å². The third kappa shape index (κ3) is 5.32. The number of amides is 2. The SMILES string of the molecule is COC(=O)CCCCN1C(=O)[C@]2(O[C@H](CC(=O)N3CCC[C@H]3CO)[C@@H]([Si](C)(C)F)[C@@H]2C)c2cc(OC)ccc21. The summed E-state index contributed by atoms with van der Waals surface area (Å²) in [6, 6.07) is 5.15. The number of anilines is 1. The number of hydrogen-bond acceptors (Lipinski definition) is 7. The number of fused-ring (bicyclic) bond motifs is 2. The van der Waals surface area contributed by atoms with E-state index in [2.05, 4.69) is 0 Å². The molecular weight excluding hydrogens is 523 g/mol. The minimum Gasteiger partial charge on any atom is -0.497 e. The minimum atomic E-state index is -3.42. The Morgan fingerprint density at radius 2 is 2.00 bits per heavy atom. The highest BCUT2D eigenvalue weighted by atomic mass is 28.4. The number of benzene rings is 1. The number of rotatable bonds is 10. The monoisotopic (exact) mass is 564 g/mol. The standard InChI is InChI=1S/C28H41FN2O7Si/c1-18-26(39(4,5)29)23(16-24(33)30-14-8-9-19(30)17-32)38-28(18)21-15-20(36-2)11-12-22(21)31(27(28)35)13-7-6-10-25(34)37-3/h11-12,15,18-19,23,26,32H,6-10,13-14,16-17H2,1-5H3/t18-,19-,23+,26-,28+/m0/s1. The van der Waals surface area contributed by atoms with Gasteiger partial charge in [0.1, 0.15) is 5.75 Å². The lowest BCUT2D eigenvalue weighted by molar-refractivity contribution is -0.150. The molecule has 5 atom stereocenters. The lowest BCUT2D eigenvalue weighted by atomic mass is 9.82. The molecule has 0 aromatic heterocycles. The van der Waals surface area contributed by atoms with Crippen molar-refractivity contribution in [2.75, 3.05) is 38.8 Å². The Morgan fingerprint density at radius 1 is 1.26 bits per heavy atom. The summed E-state index contributed by atoms with van der Waals surface area (Å²) in [4.78, 5) is 42.5. The van der Waals surface area contributed by atoms with Gasteiger partial charge in [-0.15, -0.1) is 0 Å². The number of halogens is 1. The average Bonchev–Trinajstić information content (AvgIpc) is 3.56. The first-order valence-corrected chi connectivity index (χ1v) is 16.8. The fourth-order valence-electron chi connectivity index (χ4n) is 6.86. The van der Waals surface area contributed by atoms with Crippen LogP contribution in [0, 0.1) is 5.92 Å². The second-order valence-electron chi connectivity index (χ2n) is 11.4. The highest BCUT2D eigenvalue weighted by molar-refractivity contribution is 6.72. The Labute approximate surface area is 230 Å². The van der Waals surface area contributed by atoms with Crippen molar-refractivity contribution in [3.05, 3.63) is 23.8 Å². The van der Waals surface area contributed by atoms with E-state index in [-0.39, 0.29) is 43.3 Å². The van der Waals surface area contributed by atoms with Crippen LogP contribution in [0.1, 0.15) is 51.0 Å². The Kier molecular flexibility index (Phi) is 8.72.